The topological polar surface area (TPSA) is 58.3 Å². The van der Waals surface area contributed by atoms with Gasteiger partial charge in [-0.05, 0) is 37.5 Å². The van der Waals surface area contributed by atoms with E-state index in [1.54, 1.807) is 0 Å². The van der Waals surface area contributed by atoms with Crippen LogP contribution in [0.3, 0.4) is 0 Å². The number of nitrogens with one attached hydrogen (secondary N) is 1. The fraction of sp³-hybridized carbons (Fsp3) is 0.824. The first-order valence-electron chi connectivity index (χ1n) is 9.21. The molecule has 1 aromatic rings. The zero-order valence-corrected chi connectivity index (χ0v) is 14.2. The highest BCUT2D eigenvalue weighted by molar-refractivity contribution is 5.80. The second-order valence-electron chi connectivity index (χ2n) is 7.25. The summed E-state index contributed by atoms with van der Waals surface area (Å²) in [7, 11) is 1.89. The van der Waals surface area contributed by atoms with E-state index < -0.39 is 0 Å². The van der Waals surface area contributed by atoms with Crippen molar-refractivity contribution in [3.8, 4) is 0 Å². The maximum absolute atomic E-state index is 4.51. The quantitative estimate of drug-likeness (QED) is 0.668. The Morgan fingerprint density at radius 2 is 1.91 bits per heavy atom. The van der Waals surface area contributed by atoms with Crippen LogP contribution in [-0.2, 0) is 19.5 Å². The van der Waals surface area contributed by atoms with Crippen molar-refractivity contribution in [1.82, 2.24) is 25.0 Å². The number of aliphatic imine (C=N–C) groups is 1. The third-order valence-electron chi connectivity index (χ3n) is 5.83. The number of hydrogen-bond donors (Lipinski definition) is 1. The molecule has 0 spiro atoms. The third kappa shape index (κ3) is 2.95. The molecule has 2 unspecified atom stereocenters. The van der Waals surface area contributed by atoms with Gasteiger partial charge in [0.05, 0.1) is 6.54 Å². The van der Waals surface area contributed by atoms with Gasteiger partial charge < -0.3 is 14.8 Å². The first kappa shape index (κ1) is 15.0. The minimum atomic E-state index is 0.728. The van der Waals surface area contributed by atoms with E-state index in [9.17, 15) is 0 Å². The summed E-state index contributed by atoms with van der Waals surface area (Å²) < 4.78 is 2.29. The van der Waals surface area contributed by atoms with Crippen molar-refractivity contribution >= 4 is 5.96 Å². The van der Waals surface area contributed by atoms with E-state index in [1.165, 1.54) is 51.6 Å². The molecule has 6 nitrogen and oxygen atoms in total. The second-order valence-corrected chi connectivity index (χ2v) is 7.25. The molecular weight excluding hydrogens is 288 g/mol. The van der Waals surface area contributed by atoms with E-state index in [-0.39, 0.29) is 0 Å². The van der Waals surface area contributed by atoms with Crippen LogP contribution in [0.5, 0.6) is 0 Å². The maximum atomic E-state index is 4.51. The molecule has 1 aromatic heterocycles. The summed E-state index contributed by atoms with van der Waals surface area (Å²) in [4.78, 5) is 6.97. The van der Waals surface area contributed by atoms with E-state index in [2.05, 4.69) is 30.0 Å². The normalized spacial score (nSPS) is 27.7. The average molecular weight is 316 g/mol. The molecule has 1 saturated carbocycles. The number of hydrogen-bond acceptors (Lipinski definition) is 3. The summed E-state index contributed by atoms with van der Waals surface area (Å²) in [6.07, 6.45) is 9.16. The van der Waals surface area contributed by atoms with Gasteiger partial charge in [0.15, 0.2) is 11.8 Å². The number of nitrogens with zero attached hydrogens (tertiary/aromatic N) is 5. The molecule has 2 fully saturated rings. The van der Waals surface area contributed by atoms with E-state index in [0.29, 0.717) is 0 Å². The molecule has 1 N–H and O–H groups in total. The monoisotopic (exact) mass is 316 g/mol. The number of likely N-dealkylation sites (tertiary alicyclic amines) is 1. The van der Waals surface area contributed by atoms with Gasteiger partial charge in [-0.25, -0.2) is 0 Å². The second kappa shape index (κ2) is 6.49. The SMILES string of the molecule is CN=C(NCc1nnc2n1CCCC2)N1CC2CCCCC2C1. The molecule has 0 amide bonds. The number of fused-ring (bicyclic) bond motifs is 2. The van der Waals surface area contributed by atoms with E-state index in [1.807, 2.05) is 7.05 Å². The van der Waals surface area contributed by atoms with Crippen molar-refractivity contribution in [2.45, 2.75) is 58.0 Å². The molecule has 1 aliphatic carbocycles. The van der Waals surface area contributed by atoms with Gasteiger partial charge in [0.25, 0.3) is 0 Å². The Morgan fingerprint density at radius 3 is 2.65 bits per heavy atom. The summed E-state index contributed by atoms with van der Waals surface area (Å²) in [5.74, 6) is 4.99. The van der Waals surface area contributed by atoms with Crippen LogP contribution >= 0.6 is 0 Å². The van der Waals surface area contributed by atoms with Crippen LogP contribution < -0.4 is 5.32 Å². The van der Waals surface area contributed by atoms with Crippen molar-refractivity contribution in [1.29, 1.82) is 0 Å². The summed E-state index contributed by atoms with van der Waals surface area (Å²) in [6.45, 7) is 4.13. The molecule has 126 valence electrons. The lowest BCUT2D eigenvalue weighted by Crippen LogP contribution is -2.40. The van der Waals surface area contributed by atoms with Crippen molar-refractivity contribution in [3.05, 3.63) is 11.6 Å². The lowest BCUT2D eigenvalue weighted by Gasteiger charge is -2.22. The molecule has 0 bridgehead atoms. The Kier molecular flexibility index (Phi) is 4.23. The molecular formula is C17H28N6. The largest absolute Gasteiger partial charge is 0.349 e. The zero-order chi connectivity index (χ0) is 15.6. The van der Waals surface area contributed by atoms with Gasteiger partial charge >= 0.3 is 0 Å². The molecule has 0 aromatic carbocycles. The first-order valence-corrected chi connectivity index (χ1v) is 9.21. The predicted molar refractivity (Wildman–Crippen MR) is 90.2 cm³/mol. The Bertz CT molecular complexity index is 564. The lowest BCUT2D eigenvalue weighted by molar-refractivity contribution is 0.299. The van der Waals surface area contributed by atoms with E-state index in [0.717, 1.165) is 49.0 Å². The smallest absolute Gasteiger partial charge is 0.194 e. The Morgan fingerprint density at radius 1 is 1.13 bits per heavy atom. The molecule has 2 aliphatic heterocycles. The lowest BCUT2D eigenvalue weighted by atomic mass is 9.82. The van der Waals surface area contributed by atoms with E-state index in [4.69, 9.17) is 0 Å². The first-order chi connectivity index (χ1) is 11.3. The van der Waals surface area contributed by atoms with Crippen LogP contribution in [0.2, 0.25) is 0 Å². The molecule has 0 radical (unpaired) electrons. The van der Waals surface area contributed by atoms with Gasteiger partial charge in [0.1, 0.15) is 5.82 Å². The predicted octanol–water partition coefficient (Wildman–Crippen LogP) is 1.81. The van der Waals surface area contributed by atoms with Crippen molar-refractivity contribution in [2.24, 2.45) is 16.8 Å². The van der Waals surface area contributed by atoms with Gasteiger partial charge in [0, 0.05) is 33.1 Å². The Balaban J connectivity index is 1.38. The highest BCUT2D eigenvalue weighted by Crippen LogP contribution is 2.35. The van der Waals surface area contributed by atoms with Gasteiger partial charge in [-0.3, -0.25) is 4.99 Å². The highest BCUT2D eigenvalue weighted by Gasteiger charge is 2.35. The molecule has 23 heavy (non-hydrogen) atoms. The van der Waals surface area contributed by atoms with Gasteiger partial charge in [-0.1, -0.05) is 12.8 Å². The Labute approximate surface area is 138 Å². The Hall–Kier alpha value is -1.59. The van der Waals surface area contributed by atoms with Gasteiger partial charge in [-0.2, -0.15) is 0 Å². The van der Waals surface area contributed by atoms with Crippen molar-refractivity contribution in [2.75, 3.05) is 20.1 Å². The van der Waals surface area contributed by atoms with Crippen molar-refractivity contribution < 1.29 is 0 Å². The summed E-state index contributed by atoms with van der Waals surface area (Å²) in [5.41, 5.74) is 0. The van der Waals surface area contributed by atoms with Gasteiger partial charge in [0.2, 0.25) is 0 Å². The molecule has 2 atom stereocenters. The fourth-order valence-electron chi connectivity index (χ4n) is 4.57. The maximum Gasteiger partial charge on any atom is 0.194 e. The standard InChI is InChI=1S/C17H28N6/c1-18-17(22-11-13-6-2-3-7-14(13)12-22)19-10-16-21-20-15-8-4-5-9-23(15)16/h13-14H,2-12H2,1H3,(H,18,19). The molecule has 4 rings (SSSR count). The third-order valence-corrected chi connectivity index (χ3v) is 5.83. The van der Waals surface area contributed by atoms with Crippen LogP contribution in [-0.4, -0.2) is 45.8 Å². The minimum absolute atomic E-state index is 0.728. The minimum Gasteiger partial charge on any atom is -0.349 e. The number of aryl methyl sites for hydroxylation is 1. The molecule has 6 heteroatoms. The van der Waals surface area contributed by atoms with Crippen molar-refractivity contribution in [3.63, 3.8) is 0 Å². The molecule has 1 saturated heterocycles. The molecule has 3 aliphatic rings. The van der Waals surface area contributed by atoms with Crippen LogP contribution in [0.1, 0.15) is 50.2 Å². The zero-order valence-electron chi connectivity index (χ0n) is 14.2. The van der Waals surface area contributed by atoms with Crippen LogP contribution in [0.25, 0.3) is 0 Å². The highest BCUT2D eigenvalue weighted by atomic mass is 15.3. The summed E-state index contributed by atoms with van der Waals surface area (Å²) in [6, 6.07) is 0. The molecule has 3 heterocycles. The number of rotatable bonds is 2. The summed E-state index contributed by atoms with van der Waals surface area (Å²) in [5, 5.41) is 12.2. The van der Waals surface area contributed by atoms with Gasteiger partial charge in [-0.15, -0.1) is 10.2 Å². The number of guanidine groups is 1. The van der Waals surface area contributed by atoms with Crippen LogP contribution in [0.4, 0.5) is 0 Å². The average Bonchev–Trinajstić information content (AvgIpc) is 3.19. The fourth-order valence-corrected chi connectivity index (χ4v) is 4.57. The summed E-state index contributed by atoms with van der Waals surface area (Å²) >= 11 is 0. The van der Waals surface area contributed by atoms with Crippen LogP contribution in [0, 0.1) is 11.8 Å². The van der Waals surface area contributed by atoms with Crippen LogP contribution in [0.15, 0.2) is 4.99 Å². The number of aromatic nitrogens is 3. The van der Waals surface area contributed by atoms with E-state index >= 15 is 0 Å².